The van der Waals surface area contributed by atoms with Gasteiger partial charge in [-0.1, -0.05) is 0 Å². The number of nitrogens with one attached hydrogen (secondary N) is 1. The molecule has 0 saturated carbocycles. The molecule has 1 N–H and O–H groups in total. The monoisotopic (exact) mass is 308 g/mol. The van der Waals surface area contributed by atoms with Crippen molar-refractivity contribution in [3.8, 4) is 11.5 Å². The molecule has 1 atom stereocenters. The molecule has 1 fully saturated rings. The average molecular weight is 308 g/mol. The van der Waals surface area contributed by atoms with Gasteiger partial charge in [-0.15, -0.1) is 0 Å². The minimum Gasteiger partial charge on any atom is -0.493 e. The van der Waals surface area contributed by atoms with Crippen LogP contribution in [0.4, 0.5) is 0 Å². The Morgan fingerprint density at radius 3 is 2.86 bits per heavy atom. The molecule has 0 spiro atoms. The number of carbonyl (C=O) groups is 1. The van der Waals surface area contributed by atoms with Gasteiger partial charge in [0.05, 0.1) is 27.4 Å². The van der Waals surface area contributed by atoms with Crippen LogP contribution in [0.25, 0.3) is 0 Å². The lowest BCUT2D eigenvalue weighted by atomic mass is 10.1. The van der Waals surface area contributed by atoms with Gasteiger partial charge in [0.2, 0.25) is 0 Å². The number of amides is 1. The van der Waals surface area contributed by atoms with Gasteiger partial charge < -0.3 is 24.4 Å². The van der Waals surface area contributed by atoms with Crippen LogP contribution in [0, 0.1) is 5.92 Å². The minimum atomic E-state index is -0.118. The normalized spacial score (nSPS) is 19.3. The van der Waals surface area contributed by atoms with E-state index in [1.165, 1.54) is 0 Å². The summed E-state index contributed by atoms with van der Waals surface area (Å²) >= 11 is 0. The zero-order valence-electron chi connectivity index (χ0n) is 13.4. The van der Waals surface area contributed by atoms with Crippen LogP contribution in [0.15, 0.2) is 18.2 Å². The van der Waals surface area contributed by atoms with Crippen LogP contribution in [0.3, 0.4) is 0 Å². The molecule has 6 heteroatoms. The van der Waals surface area contributed by atoms with Crippen molar-refractivity contribution in [1.82, 2.24) is 10.2 Å². The number of methoxy groups -OCH3 is 2. The molecule has 1 heterocycles. The van der Waals surface area contributed by atoms with Gasteiger partial charge in [0.1, 0.15) is 0 Å². The van der Waals surface area contributed by atoms with E-state index in [1.54, 1.807) is 32.4 Å². The largest absolute Gasteiger partial charge is 0.493 e. The number of likely N-dealkylation sites (N-methyl/N-ethyl adjacent to an activating group) is 1. The van der Waals surface area contributed by atoms with E-state index in [1.807, 2.05) is 0 Å². The smallest absolute Gasteiger partial charge is 0.251 e. The van der Waals surface area contributed by atoms with Crippen LogP contribution in [-0.4, -0.2) is 64.9 Å². The second kappa shape index (κ2) is 8.00. The second-order valence-electron chi connectivity index (χ2n) is 5.48. The molecule has 1 aromatic rings. The highest BCUT2D eigenvalue weighted by molar-refractivity contribution is 5.94. The maximum atomic E-state index is 12.3. The number of hydrogen-bond donors (Lipinski definition) is 1. The highest BCUT2D eigenvalue weighted by atomic mass is 16.5. The molecule has 1 saturated heterocycles. The van der Waals surface area contributed by atoms with Crippen molar-refractivity contribution < 1.29 is 19.0 Å². The van der Waals surface area contributed by atoms with Crippen molar-refractivity contribution in [1.29, 1.82) is 0 Å². The molecule has 0 aromatic heterocycles. The molecule has 0 unspecified atom stereocenters. The molecule has 1 aromatic carbocycles. The van der Waals surface area contributed by atoms with Gasteiger partial charge in [-0.25, -0.2) is 0 Å². The van der Waals surface area contributed by atoms with Gasteiger partial charge in [0.25, 0.3) is 5.91 Å². The molecule has 122 valence electrons. The lowest BCUT2D eigenvalue weighted by Crippen LogP contribution is -2.35. The summed E-state index contributed by atoms with van der Waals surface area (Å²) in [4.78, 5) is 14.5. The fraction of sp³-hybridized carbons (Fsp3) is 0.562. The maximum absolute atomic E-state index is 12.3. The van der Waals surface area contributed by atoms with Crippen molar-refractivity contribution in [3.63, 3.8) is 0 Å². The lowest BCUT2D eigenvalue weighted by molar-refractivity contribution is 0.0921. The topological polar surface area (TPSA) is 60.0 Å². The van der Waals surface area contributed by atoms with Gasteiger partial charge in [0.15, 0.2) is 11.5 Å². The van der Waals surface area contributed by atoms with Crippen molar-refractivity contribution in [3.05, 3.63) is 23.8 Å². The fourth-order valence-electron chi connectivity index (χ4n) is 2.50. The Bertz CT molecular complexity index is 507. The van der Waals surface area contributed by atoms with E-state index in [9.17, 15) is 4.79 Å². The van der Waals surface area contributed by atoms with E-state index >= 15 is 0 Å². The quantitative estimate of drug-likeness (QED) is 0.880. The van der Waals surface area contributed by atoms with Crippen LogP contribution < -0.4 is 14.8 Å². The first-order chi connectivity index (χ1) is 10.6. The molecule has 1 aliphatic rings. The Hall–Kier alpha value is -1.79. The maximum Gasteiger partial charge on any atom is 0.251 e. The molecule has 1 amide bonds. The fourth-order valence-corrected chi connectivity index (χ4v) is 2.50. The zero-order chi connectivity index (χ0) is 15.9. The van der Waals surface area contributed by atoms with Crippen LogP contribution >= 0.6 is 0 Å². The molecular weight excluding hydrogens is 284 g/mol. The molecule has 2 rings (SSSR count). The number of carbonyl (C=O) groups excluding carboxylic acids is 1. The highest BCUT2D eigenvalue weighted by Crippen LogP contribution is 2.27. The Labute approximate surface area is 131 Å². The molecular formula is C16H24N2O4. The Balaban J connectivity index is 1.94. The van der Waals surface area contributed by atoms with Crippen LogP contribution in [0.1, 0.15) is 10.4 Å². The highest BCUT2D eigenvalue weighted by Gasteiger charge is 2.18. The zero-order valence-corrected chi connectivity index (χ0v) is 13.4. The number of rotatable bonds is 5. The second-order valence-corrected chi connectivity index (χ2v) is 5.48. The minimum absolute atomic E-state index is 0.118. The van der Waals surface area contributed by atoms with E-state index in [4.69, 9.17) is 14.2 Å². The molecule has 0 radical (unpaired) electrons. The summed E-state index contributed by atoms with van der Waals surface area (Å²) in [5.41, 5.74) is 0.556. The number of ether oxygens (including phenoxy) is 3. The van der Waals surface area contributed by atoms with Crippen LogP contribution in [0.5, 0.6) is 11.5 Å². The Morgan fingerprint density at radius 1 is 1.36 bits per heavy atom. The summed E-state index contributed by atoms with van der Waals surface area (Å²) in [6.07, 6.45) is 0. The average Bonchev–Trinajstić information content (AvgIpc) is 2.75. The Morgan fingerprint density at radius 2 is 2.14 bits per heavy atom. The summed E-state index contributed by atoms with van der Waals surface area (Å²) < 4.78 is 15.9. The molecule has 0 aliphatic carbocycles. The predicted molar refractivity (Wildman–Crippen MR) is 83.7 cm³/mol. The Kier molecular flexibility index (Phi) is 6.03. The summed E-state index contributed by atoms with van der Waals surface area (Å²) in [5, 5.41) is 2.96. The number of hydrogen-bond acceptors (Lipinski definition) is 5. The van der Waals surface area contributed by atoms with E-state index in [0.29, 0.717) is 36.1 Å². The SMILES string of the molecule is COc1ccc(C(=O)NC[C@@H]2COCCN(C)C2)cc1OC. The summed E-state index contributed by atoms with van der Waals surface area (Å²) in [7, 11) is 5.19. The van der Waals surface area contributed by atoms with Gasteiger partial charge in [-0.2, -0.15) is 0 Å². The third-order valence-electron chi connectivity index (χ3n) is 3.74. The third kappa shape index (κ3) is 4.35. The first kappa shape index (κ1) is 16.6. The summed E-state index contributed by atoms with van der Waals surface area (Å²) in [5.74, 6) is 1.34. The lowest BCUT2D eigenvalue weighted by Gasteiger charge is -2.19. The van der Waals surface area contributed by atoms with Crippen molar-refractivity contribution >= 4 is 5.91 Å². The molecule has 22 heavy (non-hydrogen) atoms. The third-order valence-corrected chi connectivity index (χ3v) is 3.74. The van der Waals surface area contributed by atoms with Crippen molar-refractivity contribution in [2.24, 2.45) is 5.92 Å². The van der Waals surface area contributed by atoms with E-state index in [-0.39, 0.29) is 5.91 Å². The van der Waals surface area contributed by atoms with Crippen LogP contribution in [-0.2, 0) is 4.74 Å². The molecule has 1 aliphatic heterocycles. The summed E-state index contributed by atoms with van der Waals surface area (Å²) in [6, 6.07) is 5.15. The van der Waals surface area contributed by atoms with E-state index in [2.05, 4.69) is 17.3 Å². The predicted octanol–water partition coefficient (Wildman–Crippen LogP) is 1.01. The van der Waals surface area contributed by atoms with Crippen molar-refractivity contribution in [2.75, 3.05) is 54.1 Å². The first-order valence-corrected chi connectivity index (χ1v) is 7.40. The number of nitrogens with zero attached hydrogens (tertiary/aromatic N) is 1. The van der Waals surface area contributed by atoms with E-state index < -0.39 is 0 Å². The molecule has 6 nitrogen and oxygen atoms in total. The van der Waals surface area contributed by atoms with Gasteiger partial charge in [-0.05, 0) is 25.2 Å². The number of benzene rings is 1. The standard InChI is InChI=1S/C16H24N2O4/c1-18-6-7-22-11-12(10-18)9-17-16(19)13-4-5-14(20-2)15(8-13)21-3/h4-5,8,12H,6-7,9-11H2,1-3H3,(H,17,19)/t12-/m0/s1. The van der Waals surface area contributed by atoms with Gasteiger partial charge in [0, 0.05) is 31.1 Å². The molecule has 0 bridgehead atoms. The first-order valence-electron chi connectivity index (χ1n) is 7.40. The van der Waals surface area contributed by atoms with E-state index in [0.717, 1.165) is 19.7 Å². The van der Waals surface area contributed by atoms with Crippen LogP contribution in [0.2, 0.25) is 0 Å². The van der Waals surface area contributed by atoms with Gasteiger partial charge in [-0.3, -0.25) is 4.79 Å². The summed E-state index contributed by atoms with van der Waals surface area (Å²) in [6.45, 7) is 3.87. The van der Waals surface area contributed by atoms with Crippen molar-refractivity contribution in [2.45, 2.75) is 0 Å². The van der Waals surface area contributed by atoms with Gasteiger partial charge >= 0.3 is 0 Å².